The number of aromatic nitrogens is 1. The van der Waals surface area contributed by atoms with Crippen molar-refractivity contribution in [2.24, 2.45) is 0 Å². The molecule has 1 aliphatic heterocycles. The molecule has 2 nitrogen and oxygen atoms in total. The van der Waals surface area contributed by atoms with Crippen LogP contribution in [0.3, 0.4) is 0 Å². The summed E-state index contributed by atoms with van der Waals surface area (Å²) in [6, 6.07) is 20.3. The Bertz CT molecular complexity index is 1150. The monoisotopic (exact) mass is 547 g/mol. The summed E-state index contributed by atoms with van der Waals surface area (Å²) in [6.07, 6.45) is -0.202. The topological polar surface area (TPSA) is 25.0 Å². The molecule has 1 aliphatic rings. The SMILES string of the molecule is CC.CC.Clc1ccc(C2Oc3cc(Br)ccc3-c3[nH]c4ccc(Br)cc4c32)cc1. The molecule has 1 unspecified atom stereocenters. The van der Waals surface area contributed by atoms with Crippen LogP contribution in [0.1, 0.15) is 44.9 Å². The van der Waals surface area contributed by atoms with E-state index >= 15 is 0 Å². The van der Waals surface area contributed by atoms with Gasteiger partial charge in [-0.05, 0) is 54.1 Å². The zero-order chi connectivity index (χ0) is 21.8. The van der Waals surface area contributed by atoms with Crippen molar-refractivity contribution in [3.63, 3.8) is 0 Å². The van der Waals surface area contributed by atoms with Crippen LogP contribution < -0.4 is 4.74 Å². The minimum atomic E-state index is -0.202. The van der Waals surface area contributed by atoms with Crippen molar-refractivity contribution in [1.29, 1.82) is 0 Å². The van der Waals surface area contributed by atoms with Crippen LogP contribution >= 0.6 is 43.5 Å². The van der Waals surface area contributed by atoms with Gasteiger partial charge >= 0.3 is 0 Å². The largest absolute Gasteiger partial charge is 0.480 e. The van der Waals surface area contributed by atoms with Gasteiger partial charge in [-0.3, -0.25) is 0 Å². The smallest absolute Gasteiger partial charge is 0.152 e. The average molecular weight is 550 g/mol. The highest BCUT2D eigenvalue weighted by molar-refractivity contribution is 9.10. The molecule has 4 aromatic rings. The van der Waals surface area contributed by atoms with Gasteiger partial charge in [0.1, 0.15) is 5.75 Å². The van der Waals surface area contributed by atoms with E-state index in [0.717, 1.165) is 53.0 Å². The quantitative estimate of drug-likeness (QED) is 0.251. The van der Waals surface area contributed by atoms with Crippen LogP contribution in [-0.4, -0.2) is 4.98 Å². The number of nitrogens with one attached hydrogen (secondary N) is 1. The molecule has 0 amide bonds. The van der Waals surface area contributed by atoms with Crippen molar-refractivity contribution in [3.05, 3.63) is 85.8 Å². The minimum Gasteiger partial charge on any atom is -0.480 e. The predicted molar refractivity (Wildman–Crippen MR) is 136 cm³/mol. The summed E-state index contributed by atoms with van der Waals surface area (Å²) < 4.78 is 8.50. The van der Waals surface area contributed by atoms with Crippen LogP contribution in [0.15, 0.2) is 69.6 Å². The van der Waals surface area contributed by atoms with Gasteiger partial charge in [-0.15, -0.1) is 0 Å². The average Bonchev–Trinajstić information content (AvgIpc) is 3.15. The standard InChI is InChI=1S/C21H12Br2ClNO.2C2H6/c22-12-4-8-17-16(9-12)19-20(25-17)15-7-3-13(23)10-18(15)26-21(19)11-1-5-14(24)6-2-11;2*1-2/h1-10,21,25H;2*1-2H3. The predicted octanol–water partition coefficient (Wildman–Crippen LogP) is 9.55. The first-order valence-electron chi connectivity index (χ1n) is 10.1. The van der Waals surface area contributed by atoms with E-state index in [4.69, 9.17) is 16.3 Å². The third-order valence-corrected chi connectivity index (χ3v) is 5.93. The zero-order valence-electron chi connectivity index (χ0n) is 17.4. The van der Waals surface area contributed by atoms with Crippen molar-refractivity contribution in [1.82, 2.24) is 4.98 Å². The number of rotatable bonds is 1. The lowest BCUT2D eigenvalue weighted by Gasteiger charge is -2.27. The minimum absolute atomic E-state index is 0.202. The molecule has 0 aliphatic carbocycles. The van der Waals surface area contributed by atoms with E-state index in [2.05, 4.69) is 55.0 Å². The lowest BCUT2D eigenvalue weighted by atomic mass is 9.93. The number of hydrogen-bond donors (Lipinski definition) is 1. The summed E-state index contributed by atoms with van der Waals surface area (Å²) in [5.74, 6) is 0.859. The maximum atomic E-state index is 6.46. The Morgan fingerprint density at radius 1 is 0.833 bits per heavy atom. The Morgan fingerprint density at radius 2 is 1.47 bits per heavy atom. The van der Waals surface area contributed by atoms with Gasteiger partial charge in [-0.2, -0.15) is 0 Å². The van der Waals surface area contributed by atoms with E-state index in [1.54, 1.807) is 0 Å². The molecule has 0 fully saturated rings. The van der Waals surface area contributed by atoms with E-state index in [1.165, 1.54) is 0 Å². The summed E-state index contributed by atoms with van der Waals surface area (Å²) in [7, 11) is 0. The first-order chi connectivity index (χ1) is 14.6. The molecule has 0 spiro atoms. The number of hydrogen-bond acceptors (Lipinski definition) is 1. The second kappa shape index (κ2) is 10.0. The molecule has 1 N–H and O–H groups in total. The summed E-state index contributed by atoms with van der Waals surface area (Å²) in [5.41, 5.74) is 5.49. The molecule has 5 rings (SSSR count). The molecule has 3 aromatic carbocycles. The van der Waals surface area contributed by atoms with Gasteiger partial charge in [0.05, 0.1) is 5.69 Å². The molecule has 5 heteroatoms. The van der Waals surface area contributed by atoms with E-state index in [1.807, 2.05) is 70.2 Å². The Hall–Kier alpha value is -1.75. The van der Waals surface area contributed by atoms with E-state index in [9.17, 15) is 0 Å². The van der Waals surface area contributed by atoms with Crippen LogP contribution in [-0.2, 0) is 0 Å². The maximum Gasteiger partial charge on any atom is 0.152 e. The number of H-pyrrole nitrogens is 1. The van der Waals surface area contributed by atoms with Gasteiger partial charge in [0.2, 0.25) is 0 Å². The lowest BCUT2D eigenvalue weighted by Crippen LogP contribution is -2.14. The van der Waals surface area contributed by atoms with E-state index < -0.39 is 0 Å². The fraction of sp³-hybridized carbons (Fsp3) is 0.200. The highest BCUT2D eigenvalue weighted by atomic mass is 79.9. The lowest BCUT2D eigenvalue weighted by molar-refractivity contribution is 0.245. The molecule has 156 valence electrons. The van der Waals surface area contributed by atoms with Crippen molar-refractivity contribution in [2.45, 2.75) is 33.8 Å². The number of benzene rings is 3. The maximum absolute atomic E-state index is 6.46. The first kappa shape index (κ1) is 22.9. The molecule has 1 atom stereocenters. The van der Waals surface area contributed by atoms with Crippen molar-refractivity contribution < 1.29 is 4.74 Å². The molecule has 0 bridgehead atoms. The van der Waals surface area contributed by atoms with Gasteiger partial charge in [0.25, 0.3) is 0 Å². The van der Waals surface area contributed by atoms with Gasteiger partial charge < -0.3 is 9.72 Å². The molecule has 2 heterocycles. The number of ether oxygens (including phenoxy) is 1. The number of fused-ring (bicyclic) bond motifs is 5. The van der Waals surface area contributed by atoms with Gasteiger partial charge in [-0.1, -0.05) is 83.3 Å². The second-order valence-electron chi connectivity index (χ2n) is 6.29. The van der Waals surface area contributed by atoms with Crippen molar-refractivity contribution >= 4 is 54.4 Å². The summed E-state index contributed by atoms with van der Waals surface area (Å²) >= 11 is 13.2. The van der Waals surface area contributed by atoms with Crippen LogP contribution in [0.2, 0.25) is 5.02 Å². The van der Waals surface area contributed by atoms with Crippen molar-refractivity contribution in [3.8, 4) is 17.0 Å². The van der Waals surface area contributed by atoms with Crippen LogP contribution in [0.5, 0.6) is 5.75 Å². The highest BCUT2D eigenvalue weighted by Crippen LogP contribution is 2.48. The third-order valence-electron chi connectivity index (χ3n) is 4.69. The number of halogens is 3. The zero-order valence-corrected chi connectivity index (χ0v) is 21.3. The van der Waals surface area contributed by atoms with Gasteiger partial charge in [0.15, 0.2) is 6.10 Å². The Kier molecular flexibility index (Phi) is 7.67. The van der Waals surface area contributed by atoms with Crippen LogP contribution in [0.25, 0.3) is 22.2 Å². The summed E-state index contributed by atoms with van der Waals surface area (Å²) in [4.78, 5) is 3.59. The number of aromatic amines is 1. The van der Waals surface area contributed by atoms with Crippen LogP contribution in [0, 0.1) is 0 Å². The normalized spacial score (nSPS) is 13.8. The Labute approximate surface area is 199 Å². The fourth-order valence-corrected chi connectivity index (χ4v) is 4.36. The molecule has 0 radical (unpaired) electrons. The molecule has 30 heavy (non-hydrogen) atoms. The van der Waals surface area contributed by atoms with E-state index in [0.29, 0.717) is 0 Å². The molecule has 0 saturated carbocycles. The second-order valence-corrected chi connectivity index (χ2v) is 8.56. The van der Waals surface area contributed by atoms with E-state index in [-0.39, 0.29) is 6.10 Å². The summed E-state index contributed by atoms with van der Waals surface area (Å²) in [6.45, 7) is 8.00. The third kappa shape index (κ3) is 4.32. The van der Waals surface area contributed by atoms with Crippen LogP contribution in [0.4, 0.5) is 0 Å². The fourth-order valence-electron chi connectivity index (χ4n) is 3.53. The Morgan fingerprint density at radius 3 is 2.17 bits per heavy atom. The molecule has 1 aromatic heterocycles. The summed E-state index contributed by atoms with van der Waals surface area (Å²) in [5, 5.41) is 1.87. The molecular weight excluding hydrogens is 526 g/mol. The highest BCUT2D eigenvalue weighted by Gasteiger charge is 2.31. The van der Waals surface area contributed by atoms with Crippen molar-refractivity contribution in [2.75, 3.05) is 0 Å². The first-order valence-corrected chi connectivity index (χ1v) is 12.1. The van der Waals surface area contributed by atoms with Gasteiger partial charge in [0, 0.05) is 36.0 Å². The Balaban J connectivity index is 0.000000606. The van der Waals surface area contributed by atoms with Gasteiger partial charge in [-0.25, -0.2) is 0 Å². The molecular formula is C25H24Br2ClNO. The molecule has 0 saturated heterocycles.